The number of rotatable bonds is 3. The van der Waals surface area contributed by atoms with Crippen LogP contribution in [0.15, 0.2) is 18.3 Å². The average Bonchev–Trinajstić information content (AvgIpc) is 2.39. The number of likely N-dealkylation sites (N-methyl/N-ethyl adjacent to an activating group) is 1. The van der Waals surface area contributed by atoms with Crippen LogP contribution in [-0.2, 0) is 0 Å². The number of hydrogen-bond donors (Lipinski definition) is 1. The van der Waals surface area contributed by atoms with Gasteiger partial charge in [-0.3, -0.25) is 4.90 Å². The van der Waals surface area contributed by atoms with Crippen molar-refractivity contribution in [2.45, 2.75) is 19.4 Å². The van der Waals surface area contributed by atoms with Gasteiger partial charge in [0.15, 0.2) is 0 Å². The first-order chi connectivity index (χ1) is 8.61. The van der Waals surface area contributed by atoms with Crippen molar-refractivity contribution in [2.75, 3.05) is 31.6 Å². The Hall–Kier alpha value is -1.20. The Morgan fingerprint density at radius 2 is 2.28 bits per heavy atom. The molecule has 2 rings (SSSR count). The smallest absolute Gasteiger partial charge is 0.128 e. The van der Waals surface area contributed by atoms with Crippen LogP contribution in [-0.4, -0.2) is 47.6 Å². The Morgan fingerprint density at radius 1 is 1.50 bits per heavy atom. The van der Waals surface area contributed by atoms with Crippen molar-refractivity contribution < 1.29 is 0 Å². The second kappa shape index (κ2) is 5.63. The van der Waals surface area contributed by atoms with Gasteiger partial charge in [0, 0.05) is 37.4 Å². The molecule has 98 valence electrons. The minimum Gasteiger partial charge on any atom is -0.389 e. The van der Waals surface area contributed by atoms with Gasteiger partial charge in [-0.2, -0.15) is 0 Å². The van der Waals surface area contributed by atoms with Crippen molar-refractivity contribution in [1.82, 2.24) is 9.88 Å². The summed E-state index contributed by atoms with van der Waals surface area (Å²) in [5.41, 5.74) is 6.40. The average molecular weight is 264 g/mol. The van der Waals surface area contributed by atoms with Crippen LogP contribution >= 0.6 is 12.2 Å². The lowest BCUT2D eigenvalue weighted by Gasteiger charge is -2.39. The summed E-state index contributed by atoms with van der Waals surface area (Å²) in [5, 5.41) is 0. The normalized spacial score (nSPS) is 21.0. The van der Waals surface area contributed by atoms with E-state index < -0.39 is 0 Å². The fraction of sp³-hybridized carbons (Fsp3) is 0.538. The Labute approximate surface area is 114 Å². The number of piperazine rings is 1. The molecule has 1 atom stereocenters. The molecule has 0 aromatic carbocycles. The molecule has 1 fully saturated rings. The lowest BCUT2D eigenvalue weighted by Crippen LogP contribution is -2.51. The molecular formula is C13H20N4S. The molecule has 1 aromatic rings. The molecule has 0 spiro atoms. The summed E-state index contributed by atoms with van der Waals surface area (Å²) in [7, 11) is 2.19. The number of pyridine rings is 1. The van der Waals surface area contributed by atoms with Gasteiger partial charge >= 0.3 is 0 Å². The molecule has 1 aromatic heterocycles. The van der Waals surface area contributed by atoms with Crippen molar-refractivity contribution >= 4 is 23.0 Å². The molecule has 2 N–H and O–H groups in total. The van der Waals surface area contributed by atoms with Crippen LogP contribution in [0.4, 0.5) is 5.82 Å². The van der Waals surface area contributed by atoms with Crippen LogP contribution in [0.5, 0.6) is 0 Å². The van der Waals surface area contributed by atoms with Gasteiger partial charge in [0.25, 0.3) is 0 Å². The van der Waals surface area contributed by atoms with Crippen molar-refractivity contribution in [2.24, 2.45) is 5.73 Å². The monoisotopic (exact) mass is 264 g/mol. The highest BCUT2D eigenvalue weighted by Crippen LogP contribution is 2.17. The van der Waals surface area contributed by atoms with E-state index in [1.54, 1.807) is 6.20 Å². The molecule has 5 heteroatoms. The maximum atomic E-state index is 5.58. The summed E-state index contributed by atoms with van der Waals surface area (Å²) >= 11 is 4.93. The second-order valence-corrected chi connectivity index (χ2v) is 5.20. The lowest BCUT2D eigenvalue weighted by atomic mass is 10.1. The molecule has 1 unspecified atom stereocenters. The summed E-state index contributed by atoms with van der Waals surface area (Å²) in [4.78, 5) is 9.61. The standard InChI is InChI=1S/C13H20N4S/c1-3-11-9-17(7-6-16(11)2)12-5-4-10(8-15-12)13(14)18/h4-5,8,11H,3,6-7,9H2,1-2H3,(H2,14,18). The molecule has 18 heavy (non-hydrogen) atoms. The van der Waals surface area contributed by atoms with Gasteiger partial charge in [-0.1, -0.05) is 19.1 Å². The van der Waals surface area contributed by atoms with Gasteiger partial charge in [-0.25, -0.2) is 4.98 Å². The molecule has 0 aliphatic carbocycles. The van der Waals surface area contributed by atoms with E-state index in [4.69, 9.17) is 18.0 Å². The minimum absolute atomic E-state index is 0.402. The molecule has 1 aliphatic heterocycles. The van der Waals surface area contributed by atoms with Gasteiger partial charge in [-0.15, -0.1) is 0 Å². The van der Waals surface area contributed by atoms with Crippen LogP contribution in [0.2, 0.25) is 0 Å². The third kappa shape index (κ3) is 2.79. The first-order valence-corrected chi connectivity index (χ1v) is 6.73. The summed E-state index contributed by atoms with van der Waals surface area (Å²) in [6.45, 7) is 5.37. The highest BCUT2D eigenvalue weighted by atomic mass is 32.1. The van der Waals surface area contributed by atoms with Crippen molar-refractivity contribution in [1.29, 1.82) is 0 Å². The molecule has 0 amide bonds. The number of aromatic nitrogens is 1. The third-order valence-corrected chi connectivity index (χ3v) is 3.84. The molecule has 0 bridgehead atoms. The number of anilines is 1. The molecule has 1 saturated heterocycles. The Kier molecular flexibility index (Phi) is 4.14. The second-order valence-electron chi connectivity index (χ2n) is 4.76. The maximum Gasteiger partial charge on any atom is 0.128 e. The van der Waals surface area contributed by atoms with Gasteiger partial charge in [-0.05, 0) is 25.6 Å². The summed E-state index contributed by atoms with van der Waals surface area (Å²) < 4.78 is 0. The maximum absolute atomic E-state index is 5.58. The zero-order chi connectivity index (χ0) is 13.1. The number of thiocarbonyl (C=S) groups is 1. The van der Waals surface area contributed by atoms with Crippen LogP contribution in [0, 0.1) is 0 Å². The number of hydrogen-bond acceptors (Lipinski definition) is 4. The highest BCUT2D eigenvalue weighted by Gasteiger charge is 2.23. The van der Waals surface area contributed by atoms with E-state index in [1.165, 1.54) is 0 Å². The van der Waals surface area contributed by atoms with Crippen LogP contribution in [0.3, 0.4) is 0 Å². The van der Waals surface area contributed by atoms with Crippen LogP contribution in [0.1, 0.15) is 18.9 Å². The quantitative estimate of drug-likeness (QED) is 0.832. The van der Waals surface area contributed by atoms with Gasteiger partial charge in [0.2, 0.25) is 0 Å². The van der Waals surface area contributed by atoms with Crippen molar-refractivity contribution in [3.63, 3.8) is 0 Å². The van der Waals surface area contributed by atoms with Gasteiger partial charge in [0.05, 0.1) is 0 Å². The largest absolute Gasteiger partial charge is 0.389 e. The Balaban J connectivity index is 2.09. The van der Waals surface area contributed by atoms with E-state index in [1.807, 2.05) is 12.1 Å². The fourth-order valence-electron chi connectivity index (χ4n) is 2.31. The topological polar surface area (TPSA) is 45.4 Å². The molecule has 4 nitrogen and oxygen atoms in total. The van der Waals surface area contributed by atoms with Crippen molar-refractivity contribution in [3.8, 4) is 0 Å². The highest BCUT2D eigenvalue weighted by molar-refractivity contribution is 7.80. The van der Waals surface area contributed by atoms with Crippen LogP contribution < -0.4 is 10.6 Å². The van der Waals surface area contributed by atoms with E-state index >= 15 is 0 Å². The van der Waals surface area contributed by atoms with E-state index in [2.05, 4.69) is 28.8 Å². The Bertz CT molecular complexity index is 418. The van der Waals surface area contributed by atoms with Gasteiger partial charge < -0.3 is 10.6 Å². The molecule has 1 aliphatic rings. The van der Waals surface area contributed by atoms with Gasteiger partial charge in [0.1, 0.15) is 10.8 Å². The predicted molar refractivity (Wildman–Crippen MR) is 79.0 cm³/mol. The summed E-state index contributed by atoms with van der Waals surface area (Å²) in [6, 6.07) is 4.56. The SMILES string of the molecule is CCC1CN(c2ccc(C(N)=S)cn2)CCN1C. The summed E-state index contributed by atoms with van der Waals surface area (Å²) in [5.74, 6) is 1.02. The zero-order valence-corrected chi connectivity index (χ0v) is 11.8. The predicted octanol–water partition coefficient (Wildman–Crippen LogP) is 1.25. The van der Waals surface area contributed by atoms with Crippen LogP contribution in [0.25, 0.3) is 0 Å². The molecule has 0 radical (unpaired) electrons. The van der Waals surface area contributed by atoms with E-state index in [0.29, 0.717) is 11.0 Å². The summed E-state index contributed by atoms with van der Waals surface area (Å²) in [6.07, 6.45) is 2.93. The molecular weight excluding hydrogens is 244 g/mol. The zero-order valence-electron chi connectivity index (χ0n) is 11.0. The molecule has 2 heterocycles. The number of nitrogens with zero attached hydrogens (tertiary/aromatic N) is 3. The van der Waals surface area contributed by atoms with E-state index in [9.17, 15) is 0 Å². The first kappa shape index (κ1) is 13.2. The van der Waals surface area contributed by atoms with Crippen molar-refractivity contribution in [3.05, 3.63) is 23.9 Å². The van der Waals surface area contributed by atoms with E-state index in [-0.39, 0.29) is 0 Å². The Morgan fingerprint density at radius 3 is 2.83 bits per heavy atom. The third-order valence-electron chi connectivity index (χ3n) is 3.60. The first-order valence-electron chi connectivity index (χ1n) is 6.33. The minimum atomic E-state index is 0.402. The number of nitrogens with two attached hydrogens (primary N) is 1. The lowest BCUT2D eigenvalue weighted by molar-refractivity contribution is 0.213. The van der Waals surface area contributed by atoms with E-state index in [0.717, 1.165) is 37.4 Å². The fourth-order valence-corrected chi connectivity index (χ4v) is 2.43. The molecule has 0 saturated carbocycles.